The molecule has 2 aliphatic rings. The van der Waals surface area contributed by atoms with Crippen LogP contribution in [-0.2, 0) is 0 Å². The minimum absolute atomic E-state index is 0.236. The monoisotopic (exact) mass is 395 g/mol. The Bertz CT molecular complexity index is 1100. The van der Waals surface area contributed by atoms with Gasteiger partial charge in [0, 0.05) is 23.4 Å². The summed E-state index contributed by atoms with van der Waals surface area (Å²) in [5.41, 5.74) is 2.81. The molecule has 28 heavy (non-hydrogen) atoms. The molecule has 4 atom stereocenters. The van der Waals surface area contributed by atoms with Gasteiger partial charge in [0.05, 0.1) is 11.8 Å². The lowest BCUT2D eigenvalue weighted by Gasteiger charge is -2.16. The van der Waals surface area contributed by atoms with Gasteiger partial charge in [-0.2, -0.15) is 5.26 Å². The summed E-state index contributed by atoms with van der Waals surface area (Å²) in [7, 11) is 0.236. The van der Waals surface area contributed by atoms with Gasteiger partial charge in [-0.25, -0.2) is 4.98 Å². The Labute approximate surface area is 166 Å². The fourth-order valence-corrected chi connectivity index (χ4v) is 6.59. The van der Waals surface area contributed by atoms with Crippen molar-refractivity contribution in [1.29, 1.82) is 5.26 Å². The SMILES string of the molecule is C/C=S(/N[C@H]1C[C@@H](CC)[C@@H](c2nnc3cnc4[nH]cc(C#N)c4n23)C1)C1CC1. The minimum Gasteiger partial charge on any atom is -0.343 e. The minimum atomic E-state index is 0.236. The maximum Gasteiger partial charge on any atom is 0.180 e. The molecule has 0 bridgehead atoms. The van der Waals surface area contributed by atoms with Crippen LogP contribution in [0.25, 0.3) is 16.8 Å². The molecular weight excluding hydrogens is 370 g/mol. The Balaban J connectivity index is 1.53. The number of hydrogen-bond donors (Lipinski definition) is 2. The van der Waals surface area contributed by atoms with Gasteiger partial charge in [-0.1, -0.05) is 13.3 Å². The molecule has 146 valence electrons. The van der Waals surface area contributed by atoms with Gasteiger partial charge in [-0.3, -0.25) is 9.12 Å². The molecule has 8 heteroatoms. The number of fused-ring (bicyclic) bond motifs is 3. The molecule has 3 aromatic heterocycles. The third-order valence-electron chi connectivity index (χ3n) is 6.19. The van der Waals surface area contributed by atoms with E-state index in [4.69, 9.17) is 0 Å². The van der Waals surface area contributed by atoms with Gasteiger partial charge in [0.25, 0.3) is 0 Å². The first kappa shape index (κ1) is 17.8. The van der Waals surface area contributed by atoms with Crippen LogP contribution >= 0.6 is 10.7 Å². The number of nitrogens with one attached hydrogen (secondary N) is 2. The standard InChI is InChI=1S/C20H25N7S/c1-3-12-7-14(26-28(4-2)15-5-6-15)8-16(12)20-25-24-17-11-23-19-18(27(17)20)13(9-21)10-22-19/h4,10-12,14-16,22,26H,3,5-8H2,1-2H3/t12-,14+,16+,28?/m1/s1. The van der Waals surface area contributed by atoms with Gasteiger partial charge >= 0.3 is 0 Å². The van der Waals surface area contributed by atoms with Gasteiger partial charge < -0.3 is 4.98 Å². The maximum atomic E-state index is 9.54. The summed E-state index contributed by atoms with van der Waals surface area (Å²) in [4.78, 5) is 7.50. The van der Waals surface area contributed by atoms with Crippen LogP contribution in [0.1, 0.15) is 63.3 Å². The third kappa shape index (κ3) is 2.85. The Hall–Kier alpha value is -2.24. The number of nitrogens with zero attached hydrogens (tertiary/aromatic N) is 5. The van der Waals surface area contributed by atoms with Crippen LogP contribution in [0.5, 0.6) is 0 Å². The van der Waals surface area contributed by atoms with E-state index in [2.05, 4.69) is 54.6 Å². The number of nitriles is 1. The number of rotatable bonds is 5. The molecule has 5 rings (SSSR count). The van der Waals surface area contributed by atoms with Crippen molar-refractivity contribution >= 4 is 32.8 Å². The second-order valence-corrected chi connectivity index (χ2v) is 10.0. The highest BCUT2D eigenvalue weighted by atomic mass is 32.2. The zero-order valence-electron chi connectivity index (χ0n) is 16.2. The van der Waals surface area contributed by atoms with Crippen LogP contribution in [-0.4, -0.2) is 41.2 Å². The Morgan fingerprint density at radius 1 is 1.39 bits per heavy atom. The molecule has 3 heterocycles. The van der Waals surface area contributed by atoms with Crippen LogP contribution in [0.3, 0.4) is 0 Å². The van der Waals surface area contributed by atoms with E-state index >= 15 is 0 Å². The summed E-state index contributed by atoms with van der Waals surface area (Å²) in [5.74, 6) is 1.88. The molecule has 0 radical (unpaired) electrons. The smallest absolute Gasteiger partial charge is 0.180 e. The lowest BCUT2D eigenvalue weighted by Crippen LogP contribution is -2.23. The van der Waals surface area contributed by atoms with Crippen molar-refractivity contribution in [2.75, 3.05) is 0 Å². The van der Waals surface area contributed by atoms with E-state index in [1.165, 1.54) is 19.3 Å². The van der Waals surface area contributed by atoms with E-state index in [9.17, 15) is 5.26 Å². The van der Waals surface area contributed by atoms with Crippen LogP contribution in [0.4, 0.5) is 0 Å². The normalized spacial score (nSPS) is 26.2. The van der Waals surface area contributed by atoms with E-state index in [1.54, 1.807) is 12.4 Å². The van der Waals surface area contributed by atoms with Crippen molar-refractivity contribution in [3.63, 3.8) is 0 Å². The molecular formula is C20H25N7S. The summed E-state index contributed by atoms with van der Waals surface area (Å²) in [6.45, 7) is 4.45. The zero-order chi connectivity index (χ0) is 19.3. The quantitative estimate of drug-likeness (QED) is 0.645. The molecule has 2 fully saturated rings. The third-order valence-corrected chi connectivity index (χ3v) is 8.49. The van der Waals surface area contributed by atoms with Crippen LogP contribution in [0.2, 0.25) is 0 Å². The van der Waals surface area contributed by atoms with Crippen molar-refractivity contribution in [3.05, 3.63) is 23.8 Å². The highest BCUT2D eigenvalue weighted by molar-refractivity contribution is 8.14. The number of aromatic nitrogens is 5. The van der Waals surface area contributed by atoms with Gasteiger partial charge in [-0.15, -0.1) is 20.9 Å². The van der Waals surface area contributed by atoms with Gasteiger partial charge in [0.15, 0.2) is 11.3 Å². The average molecular weight is 396 g/mol. The van der Waals surface area contributed by atoms with E-state index in [-0.39, 0.29) is 10.7 Å². The van der Waals surface area contributed by atoms with Gasteiger partial charge in [0.2, 0.25) is 0 Å². The van der Waals surface area contributed by atoms with Crippen LogP contribution < -0.4 is 4.72 Å². The molecule has 0 aromatic carbocycles. The summed E-state index contributed by atoms with van der Waals surface area (Å²) in [6, 6.07) is 2.79. The highest BCUT2D eigenvalue weighted by Gasteiger charge is 2.38. The van der Waals surface area contributed by atoms with Crippen molar-refractivity contribution in [1.82, 2.24) is 29.3 Å². The van der Waals surface area contributed by atoms with Crippen molar-refractivity contribution < 1.29 is 0 Å². The van der Waals surface area contributed by atoms with Crippen molar-refractivity contribution in [2.45, 2.75) is 63.2 Å². The molecule has 2 N–H and O–H groups in total. The zero-order valence-corrected chi connectivity index (χ0v) is 17.0. The van der Waals surface area contributed by atoms with E-state index in [1.807, 2.05) is 0 Å². The summed E-state index contributed by atoms with van der Waals surface area (Å²) >= 11 is 0. The molecule has 7 nitrogen and oxygen atoms in total. The number of aromatic amines is 1. The molecule has 1 unspecified atom stereocenters. The van der Waals surface area contributed by atoms with E-state index < -0.39 is 0 Å². The Morgan fingerprint density at radius 2 is 2.25 bits per heavy atom. The summed E-state index contributed by atoms with van der Waals surface area (Å²) in [5, 5.41) is 21.7. The predicted molar refractivity (Wildman–Crippen MR) is 112 cm³/mol. The molecule has 3 aromatic rings. The molecule has 2 saturated carbocycles. The van der Waals surface area contributed by atoms with Crippen LogP contribution in [0.15, 0.2) is 12.4 Å². The first-order valence-electron chi connectivity index (χ1n) is 10.1. The summed E-state index contributed by atoms with van der Waals surface area (Å²) in [6.07, 6.45) is 9.54. The number of H-pyrrole nitrogens is 1. The highest BCUT2D eigenvalue weighted by Crippen LogP contribution is 2.44. The van der Waals surface area contributed by atoms with Crippen molar-refractivity contribution in [2.24, 2.45) is 5.92 Å². The fraction of sp³-hybridized carbons (Fsp3) is 0.550. The Kier molecular flexibility index (Phi) is 4.44. The lowest BCUT2D eigenvalue weighted by molar-refractivity contribution is 0.449. The lowest BCUT2D eigenvalue weighted by atomic mass is 9.93. The predicted octanol–water partition coefficient (Wildman–Crippen LogP) is 3.51. The molecule has 0 saturated heterocycles. The summed E-state index contributed by atoms with van der Waals surface area (Å²) < 4.78 is 5.99. The van der Waals surface area contributed by atoms with Crippen LogP contribution in [0, 0.1) is 17.2 Å². The van der Waals surface area contributed by atoms with Crippen molar-refractivity contribution in [3.8, 4) is 6.07 Å². The maximum absolute atomic E-state index is 9.54. The van der Waals surface area contributed by atoms with E-state index in [0.29, 0.717) is 34.7 Å². The second-order valence-electron chi connectivity index (χ2n) is 7.89. The second kappa shape index (κ2) is 6.98. The van der Waals surface area contributed by atoms with Gasteiger partial charge in [0.1, 0.15) is 17.4 Å². The fourth-order valence-electron chi connectivity index (χ4n) is 4.66. The van der Waals surface area contributed by atoms with E-state index in [0.717, 1.165) is 29.4 Å². The topological polar surface area (TPSA) is 94.7 Å². The largest absolute Gasteiger partial charge is 0.343 e. The first-order valence-corrected chi connectivity index (χ1v) is 11.5. The Morgan fingerprint density at radius 3 is 2.96 bits per heavy atom. The molecule has 0 aliphatic heterocycles. The first-order chi connectivity index (χ1) is 13.7. The van der Waals surface area contributed by atoms with Gasteiger partial charge in [-0.05, 0) is 43.9 Å². The molecule has 0 spiro atoms. The molecule has 2 aliphatic carbocycles. The molecule has 0 amide bonds. The number of hydrogen-bond acceptors (Lipinski definition) is 5. The average Bonchev–Trinajstić information content (AvgIpc) is 3.16.